The molecule has 120 valence electrons. The van der Waals surface area contributed by atoms with Crippen LogP contribution in [0.15, 0.2) is 42.6 Å². The number of halogens is 2. The highest BCUT2D eigenvalue weighted by atomic mass is 35.5. The minimum Gasteiger partial charge on any atom is -0.311 e. The summed E-state index contributed by atoms with van der Waals surface area (Å²) in [6.45, 7) is 2.56. The lowest BCUT2D eigenvalue weighted by molar-refractivity contribution is -0.119. The summed E-state index contributed by atoms with van der Waals surface area (Å²) >= 11 is 5.80. The molecule has 6 heteroatoms. The van der Waals surface area contributed by atoms with Gasteiger partial charge in [-0.05, 0) is 43.7 Å². The van der Waals surface area contributed by atoms with E-state index in [2.05, 4.69) is 10.3 Å². The van der Waals surface area contributed by atoms with Crippen LogP contribution in [0.1, 0.15) is 25.1 Å². The Hall–Kier alpha value is -1.98. The van der Waals surface area contributed by atoms with Crippen molar-refractivity contribution in [3.8, 4) is 0 Å². The molecule has 0 bridgehead atoms. The fourth-order valence-corrected chi connectivity index (χ4v) is 2.94. The molecule has 1 fully saturated rings. The van der Waals surface area contributed by atoms with Crippen LogP contribution in [0.3, 0.4) is 0 Å². The predicted molar refractivity (Wildman–Crippen MR) is 88.0 cm³/mol. The van der Waals surface area contributed by atoms with Crippen LogP contribution >= 0.6 is 11.6 Å². The minimum absolute atomic E-state index is 0.0218. The summed E-state index contributed by atoms with van der Waals surface area (Å²) in [6, 6.07) is 9.73. The molecule has 0 spiro atoms. The fourth-order valence-electron chi connectivity index (χ4n) is 2.76. The molecular weight excluding hydrogens is 317 g/mol. The van der Waals surface area contributed by atoms with Crippen molar-refractivity contribution in [2.75, 3.05) is 11.4 Å². The van der Waals surface area contributed by atoms with Crippen molar-refractivity contribution in [2.45, 2.75) is 25.4 Å². The van der Waals surface area contributed by atoms with Crippen LogP contribution in [0.5, 0.6) is 0 Å². The molecule has 0 radical (unpaired) electrons. The molecule has 1 aliphatic rings. The quantitative estimate of drug-likeness (QED) is 0.933. The lowest BCUT2D eigenvalue weighted by atomic mass is 10.1. The Balaban J connectivity index is 1.70. The SMILES string of the molecule is C[C@H](N[C@H]1CCN(c2ccc(F)c(Cl)c2)C1=O)c1ccccn1. The summed E-state index contributed by atoms with van der Waals surface area (Å²) in [5.74, 6) is -0.518. The number of rotatable bonds is 4. The average Bonchev–Trinajstić information content (AvgIpc) is 2.92. The van der Waals surface area contributed by atoms with E-state index in [1.807, 2.05) is 25.1 Å². The molecule has 1 saturated heterocycles. The van der Waals surface area contributed by atoms with E-state index in [9.17, 15) is 9.18 Å². The first-order valence-corrected chi connectivity index (χ1v) is 7.87. The molecule has 4 nitrogen and oxygen atoms in total. The van der Waals surface area contributed by atoms with Gasteiger partial charge in [0.15, 0.2) is 0 Å². The van der Waals surface area contributed by atoms with Crippen molar-refractivity contribution in [3.63, 3.8) is 0 Å². The molecule has 0 aliphatic carbocycles. The van der Waals surface area contributed by atoms with Gasteiger partial charge in [-0.1, -0.05) is 17.7 Å². The lowest BCUT2D eigenvalue weighted by Gasteiger charge is -2.20. The molecule has 1 aromatic heterocycles. The molecule has 1 amide bonds. The van der Waals surface area contributed by atoms with E-state index in [4.69, 9.17) is 11.6 Å². The zero-order valence-corrected chi connectivity index (χ0v) is 13.4. The van der Waals surface area contributed by atoms with E-state index < -0.39 is 5.82 Å². The molecule has 1 aromatic carbocycles. The molecule has 2 atom stereocenters. The molecule has 0 unspecified atom stereocenters. The molecule has 1 aliphatic heterocycles. The van der Waals surface area contributed by atoms with Gasteiger partial charge in [-0.15, -0.1) is 0 Å². The number of anilines is 1. The van der Waals surface area contributed by atoms with Crippen LogP contribution in [-0.4, -0.2) is 23.5 Å². The Morgan fingerprint density at radius 1 is 1.39 bits per heavy atom. The zero-order chi connectivity index (χ0) is 16.4. The number of hydrogen-bond acceptors (Lipinski definition) is 3. The number of carbonyl (C=O) groups excluding carboxylic acids is 1. The molecule has 2 heterocycles. The minimum atomic E-state index is -0.486. The van der Waals surface area contributed by atoms with Crippen molar-refractivity contribution in [1.29, 1.82) is 0 Å². The normalized spacial score (nSPS) is 19.2. The maximum atomic E-state index is 13.3. The first-order valence-electron chi connectivity index (χ1n) is 7.49. The van der Waals surface area contributed by atoms with Gasteiger partial charge < -0.3 is 4.90 Å². The summed E-state index contributed by atoms with van der Waals surface area (Å²) in [5.41, 5.74) is 1.51. The highest BCUT2D eigenvalue weighted by Gasteiger charge is 2.33. The number of nitrogens with zero attached hydrogens (tertiary/aromatic N) is 2. The van der Waals surface area contributed by atoms with Crippen LogP contribution in [0.4, 0.5) is 10.1 Å². The van der Waals surface area contributed by atoms with Gasteiger partial charge in [-0.2, -0.15) is 0 Å². The van der Waals surface area contributed by atoms with Gasteiger partial charge in [-0.25, -0.2) is 4.39 Å². The third-order valence-electron chi connectivity index (χ3n) is 4.00. The number of hydrogen-bond donors (Lipinski definition) is 1. The van der Waals surface area contributed by atoms with Crippen molar-refractivity contribution in [1.82, 2.24) is 10.3 Å². The Kier molecular flexibility index (Phi) is 4.59. The molecule has 3 rings (SSSR count). The summed E-state index contributed by atoms with van der Waals surface area (Å²) in [4.78, 5) is 18.5. The molecular formula is C17H17ClFN3O. The van der Waals surface area contributed by atoms with Crippen LogP contribution in [0, 0.1) is 5.82 Å². The third-order valence-corrected chi connectivity index (χ3v) is 4.29. The van der Waals surface area contributed by atoms with Crippen molar-refractivity contribution >= 4 is 23.2 Å². The van der Waals surface area contributed by atoms with Gasteiger partial charge in [0.05, 0.1) is 16.8 Å². The molecule has 0 saturated carbocycles. The van der Waals surface area contributed by atoms with E-state index >= 15 is 0 Å². The monoisotopic (exact) mass is 333 g/mol. The smallest absolute Gasteiger partial charge is 0.244 e. The van der Waals surface area contributed by atoms with Gasteiger partial charge in [0.2, 0.25) is 5.91 Å². The van der Waals surface area contributed by atoms with Crippen LogP contribution in [0.25, 0.3) is 0 Å². The van der Waals surface area contributed by atoms with E-state index in [1.165, 1.54) is 12.1 Å². The van der Waals surface area contributed by atoms with Gasteiger partial charge >= 0.3 is 0 Å². The van der Waals surface area contributed by atoms with Gasteiger partial charge in [0.1, 0.15) is 5.82 Å². The summed E-state index contributed by atoms with van der Waals surface area (Å²) in [5, 5.41) is 3.33. The second-order valence-electron chi connectivity index (χ2n) is 5.57. The fraction of sp³-hybridized carbons (Fsp3) is 0.294. The van der Waals surface area contributed by atoms with E-state index in [0.29, 0.717) is 18.7 Å². The van der Waals surface area contributed by atoms with E-state index in [1.54, 1.807) is 17.2 Å². The average molecular weight is 334 g/mol. The maximum absolute atomic E-state index is 13.3. The highest BCUT2D eigenvalue weighted by molar-refractivity contribution is 6.31. The second kappa shape index (κ2) is 6.64. The standard InChI is InChI=1S/C17H17ClFN3O/c1-11(15-4-2-3-8-20-15)21-16-7-9-22(17(16)23)12-5-6-14(19)13(18)10-12/h2-6,8,10-11,16,21H,7,9H2,1H3/t11-,16-/m0/s1. The Morgan fingerprint density at radius 2 is 2.22 bits per heavy atom. The number of amides is 1. The lowest BCUT2D eigenvalue weighted by Crippen LogP contribution is -2.39. The van der Waals surface area contributed by atoms with Gasteiger partial charge in [0, 0.05) is 24.5 Å². The summed E-state index contributed by atoms with van der Waals surface area (Å²) < 4.78 is 13.3. The van der Waals surface area contributed by atoms with E-state index in [-0.39, 0.29) is 23.0 Å². The van der Waals surface area contributed by atoms with Gasteiger partial charge in [0.25, 0.3) is 0 Å². The number of carbonyl (C=O) groups is 1. The number of aromatic nitrogens is 1. The Bertz CT molecular complexity index is 710. The largest absolute Gasteiger partial charge is 0.311 e. The number of nitrogens with one attached hydrogen (secondary N) is 1. The van der Waals surface area contributed by atoms with Crippen LogP contribution in [-0.2, 0) is 4.79 Å². The third kappa shape index (κ3) is 3.35. The molecule has 2 aromatic rings. The predicted octanol–water partition coefficient (Wildman–Crippen LogP) is 3.33. The van der Waals surface area contributed by atoms with Crippen molar-refractivity contribution in [3.05, 3.63) is 59.1 Å². The Morgan fingerprint density at radius 3 is 2.91 bits per heavy atom. The molecule has 23 heavy (non-hydrogen) atoms. The van der Waals surface area contributed by atoms with Gasteiger partial charge in [-0.3, -0.25) is 15.1 Å². The summed E-state index contributed by atoms with van der Waals surface area (Å²) in [7, 11) is 0. The highest BCUT2D eigenvalue weighted by Crippen LogP contribution is 2.27. The van der Waals surface area contributed by atoms with Crippen LogP contribution < -0.4 is 10.2 Å². The van der Waals surface area contributed by atoms with Crippen molar-refractivity contribution in [2.24, 2.45) is 0 Å². The Labute approximate surface area is 139 Å². The van der Waals surface area contributed by atoms with Crippen molar-refractivity contribution < 1.29 is 9.18 Å². The van der Waals surface area contributed by atoms with Crippen LogP contribution in [0.2, 0.25) is 5.02 Å². The topological polar surface area (TPSA) is 45.2 Å². The maximum Gasteiger partial charge on any atom is 0.244 e. The number of pyridine rings is 1. The molecule has 1 N–H and O–H groups in total. The number of benzene rings is 1. The second-order valence-corrected chi connectivity index (χ2v) is 5.98. The van der Waals surface area contributed by atoms with E-state index in [0.717, 1.165) is 5.69 Å². The first kappa shape index (κ1) is 15.9. The zero-order valence-electron chi connectivity index (χ0n) is 12.7. The summed E-state index contributed by atoms with van der Waals surface area (Å²) in [6.07, 6.45) is 2.42. The first-order chi connectivity index (χ1) is 11.1.